The van der Waals surface area contributed by atoms with Gasteiger partial charge in [-0.05, 0) is 246 Å². The first-order valence-electron chi connectivity index (χ1n) is 37.6. The van der Waals surface area contributed by atoms with Gasteiger partial charge in [0.25, 0.3) is 0 Å². The molecule has 0 N–H and O–H groups in total. The van der Waals surface area contributed by atoms with E-state index in [1.165, 1.54) is 54.0 Å². The van der Waals surface area contributed by atoms with E-state index in [-0.39, 0.29) is 94.1 Å². The van der Waals surface area contributed by atoms with Crippen LogP contribution in [0.2, 0.25) is 5.02 Å². The van der Waals surface area contributed by atoms with Gasteiger partial charge < -0.3 is 0 Å². The number of hydrogen-bond acceptors (Lipinski definition) is 1. The monoisotopic (exact) mass is 1420 g/mol. The van der Waals surface area contributed by atoms with Crippen LogP contribution in [0.5, 0.6) is 0 Å². The van der Waals surface area contributed by atoms with Crippen LogP contribution in [-0.4, -0.2) is 0 Å². The Labute approximate surface area is 626 Å². The fourth-order valence-electron chi connectivity index (χ4n) is 12.7. The Balaban J connectivity index is 0.000000318. The molecule has 0 atom stereocenters. The molecule has 7 heteroatoms. The van der Waals surface area contributed by atoms with Crippen molar-refractivity contribution in [3.63, 3.8) is 0 Å². The first-order chi connectivity index (χ1) is 45.5. The fourth-order valence-corrected chi connectivity index (χ4v) is 13.2. The maximum atomic E-state index is 14.3. The molecule has 2 aliphatic rings. The molecule has 102 heavy (non-hydrogen) atoms. The van der Waals surface area contributed by atoms with E-state index < -0.39 is 0 Å². The normalized spacial score (nSPS) is 14.3. The van der Waals surface area contributed by atoms with Crippen molar-refractivity contribution in [1.29, 1.82) is 5.26 Å². The first-order valence-corrected chi connectivity index (χ1v) is 38.0. The summed E-state index contributed by atoms with van der Waals surface area (Å²) in [7, 11) is 0. The van der Waals surface area contributed by atoms with E-state index >= 15 is 0 Å². The summed E-state index contributed by atoms with van der Waals surface area (Å²) < 4.78 is 70.8. The Bertz CT molecular complexity index is 3830. The van der Waals surface area contributed by atoms with Crippen LogP contribution >= 0.6 is 11.6 Å². The molecule has 0 bridgehead atoms. The lowest BCUT2D eigenvalue weighted by atomic mass is 9.78. The molecule has 566 valence electrons. The van der Waals surface area contributed by atoms with Gasteiger partial charge in [0, 0.05) is 5.02 Å². The molecule has 2 aliphatic carbocycles. The molecule has 0 radical (unpaired) electrons. The SMILES string of the molecule is C=Cc1cc(C(C)(C)C)c(F)cc1C(C)(C)C.CC(C)(C)c1cc(C#N)c(C(C)(C)C)cc1F.CC(C)(C)c1cc(C2CC2)c(C(C)(C)C)cc1F.CC(C)(C)c1cc(Cl)c(C(C)(C)C)cc1F.CC(C)(C)c1ccc(C(C)(C)C)c(C2CC2)c1.CCc1cc(C(C)(C)C)c(F)cc1C(C)(C)C. The lowest BCUT2D eigenvalue weighted by Gasteiger charge is -2.27. The minimum Gasteiger partial charge on any atom is -0.207 e. The predicted molar refractivity (Wildman–Crippen MR) is 436 cm³/mol. The summed E-state index contributed by atoms with van der Waals surface area (Å²) in [4.78, 5) is 0. The summed E-state index contributed by atoms with van der Waals surface area (Å²) in [6.45, 7) is 81.4. The van der Waals surface area contributed by atoms with E-state index in [0.29, 0.717) is 27.6 Å². The summed E-state index contributed by atoms with van der Waals surface area (Å²) >= 11 is 6.23. The standard InChI is InChI=1S/C17H25F.C17H26.C16H25F.C16H23F.C15H20FN.C14H20ClF/c1-16(2,3)13-10-15(18)14(17(4,5)6)9-12(13)11-7-8-11;1-16(2,3)13-9-10-15(17(4,5)6)14(11-13)12-7-8-12;2*1-8-11-9-13(16(5,6)7)14(17)10-12(11)15(2,3)4;1-14(2,3)11-8-13(16)12(15(4,5)6)7-10(11)9-17;1-13(2,3)9-8-12(16)10(7-11(9)15)14(4,5)6/h9-11H,7-8H2,1-6H3;9-12H,7-8H2,1-6H3;9-10H,8H2,1-7H3;8-10H,1H2,2-7H3;7-8H,1-6H3;7-8H,1-6H3. The molecular weight excluding hydrogens is 1290 g/mol. The molecule has 6 aromatic carbocycles. The zero-order valence-corrected chi connectivity index (χ0v) is 72.0. The van der Waals surface area contributed by atoms with Crippen LogP contribution in [0.15, 0.2) is 85.4 Å². The second-order valence-electron chi connectivity index (χ2n) is 41.5. The summed E-state index contributed by atoms with van der Waals surface area (Å²) in [5.41, 5.74) is 16.8. The molecule has 0 heterocycles. The molecule has 0 unspecified atom stereocenters. The molecule has 2 fully saturated rings. The van der Waals surface area contributed by atoms with E-state index in [1.807, 2.05) is 116 Å². The molecule has 6 aromatic rings. The van der Waals surface area contributed by atoms with E-state index in [9.17, 15) is 27.2 Å². The van der Waals surface area contributed by atoms with Gasteiger partial charge in [-0.15, -0.1) is 0 Å². The Kier molecular flexibility index (Phi) is 29.1. The minimum atomic E-state index is -0.286. The van der Waals surface area contributed by atoms with Crippen LogP contribution in [0.1, 0.15) is 388 Å². The van der Waals surface area contributed by atoms with Gasteiger partial charge in [-0.1, -0.05) is 311 Å². The number of nitriles is 1. The Morgan fingerprint density at radius 1 is 0.343 bits per heavy atom. The van der Waals surface area contributed by atoms with Crippen LogP contribution in [0.25, 0.3) is 6.08 Å². The lowest BCUT2D eigenvalue weighted by molar-refractivity contribution is 0.510. The van der Waals surface area contributed by atoms with Gasteiger partial charge in [0.15, 0.2) is 0 Å². The van der Waals surface area contributed by atoms with Crippen molar-refractivity contribution in [2.45, 2.75) is 365 Å². The zero-order valence-electron chi connectivity index (χ0n) is 71.2. The van der Waals surface area contributed by atoms with E-state index in [4.69, 9.17) is 11.6 Å². The maximum Gasteiger partial charge on any atom is 0.127 e. The predicted octanol–water partition coefficient (Wildman–Crippen LogP) is 29.9. The molecular formula is C95H139ClF5N. The number of aryl methyl sites for hydroxylation is 1. The average Bonchev–Trinajstić information content (AvgIpc) is 1.61. The maximum absolute atomic E-state index is 14.3. The summed E-state index contributed by atoms with van der Waals surface area (Å²) in [5.74, 6) is 0.889. The largest absolute Gasteiger partial charge is 0.207 e. The third kappa shape index (κ3) is 25.6. The molecule has 1 nitrogen and oxygen atoms in total. The fraction of sp³-hybridized carbons (Fsp3) is 0.589. The minimum absolute atomic E-state index is 0.00258. The van der Waals surface area contributed by atoms with Crippen molar-refractivity contribution in [2.75, 3.05) is 0 Å². The van der Waals surface area contributed by atoms with Crippen molar-refractivity contribution < 1.29 is 22.0 Å². The van der Waals surface area contributed by atoms with Crippen molar-refractivity contribution >= 4 is 17.7 Å². The number of hydrogen-bond donors (Lipinski definition) is 0. The van der Waals surface area contributed by atoms with Crippen LogP contribution in [0.3, 0.4) is 0 Å². The quantitative estimate of drug-likeness (QED) is 0.161. The van der Waals surface area contributed by atoms with Crippen molar-refractivity contribution in [3.05, 3.63) is 214 Å². The number of nitrogens with zero attached hydrogens (tertiary/aromatic N) is 1. The van der Waals surface area contributed by atoms with Gasteiger partial charge in [-0.3, -0.25) is 0 Å². The van der Waals surface area contributed by atoms with Gasteiger partial charge in [0.1, 0.15) is 29.1 Å². The molecule has 0 saturated heterocycles. The Morgan fingerprint density at radius 2 is 0.637 bits per heavy atom. The van der Waals surface area contributed by atoms with Gasteiger partial charge in [0.05, 0.1) is 11.6 Å². The molecule has 0 spiro atoms. The van der Waals surface area contributed by atoms with Crippen molar-refractivity contribution in [2.24, 2.45) is 0 Å². The summed E-state index contributed by atoms with van der Waals surface area (Å²) in [6, 6.07) is 27.2. The van der Waals surface area contributed by atoms with E-state index in [2.05, 4.69) is 195 Å². The van der Waals surface area contributed by atoms with Gasteiger partial charge >= 0.3 is 0 Å². The van der Waals surface area contributed by atoms with Gasteiger partial charge in [-0.25, -0.2) is 22.0 Å². The topological polar surface area (TPSA) is 23.8 Å². The highest BCUT2D eigenvalue weighted by Crippen LogP contribution is 2.48. The molecule has 0 amide bonds. The highest BCUT2D eigenvalue weighted by molar-refractivity contribution is 6.31. The smallest absolute Gasteiger partial charge is 0.127 e. The number of halogens is 6. The van der Waals surface area contributed by atoms with Crippen molar-refractivity contribution in [3.8, 4) is 6.07 Å². The van der Waals surface area contributed by atoms with Crippen LogP contribution < -0.4 is 0 Å². The zero-order chi connectivity index (χ0) is 79.6. The summed E-state index contributed by atoms with van der Waals surface area (Å²) in [5, 5.41) is 9.84. The summed E-state index contributed by atoms with van der Waals surface area (Å²) in [6.07, 6.45) is 8.06. The van der Waals surface area contributed by atoms with Crippen molar-refractivity contribution in [1.82, 2.24) is 0 Å². The average molecular weight is 1430 g/mol. The van der Waals surface area contributed by atoms with Gasteiger partial charge in [-0.2, -0.15) is 5.26 Å². The Hall–Kier alpha value is -5.51. The molecule has 0 aliphatic heterocycles. The molecule has 8 rings (SSSR count). The Morgan fingerprint density at radius 3 is 0.961 bits per heavy atom. The highest BCUT2D eigenvalue weighted by atomic mass is 35.5. The highest BCUT2D eigenvalue weighted by Gasteiger charge is 2.35. The van der Waals surface area contributed by atoms with E-state index in [1.54, 1.807) is 47.5 Å². The molecule has 0 aromatic heterocycles. The number of rotatable bonds is 4. The first kappa shape index (κ1) is 90.7. The lowest BCUT2D eigenvalue weighted by Crippen LogP contribution is -2.19. The van der Waals surface area contributed by atoms with Gasteiger partial charge in [0.2, 0.25) is 0 Å². The number of benzene rings is 6. The van der Waals surface area contributed by atoms with Crippen LogP contribution in [0, 0.1) is 40.4 Å². The van der Waals surface area contributed by atoms with E-state index in [0.717, 1.165) is 56.8 Å². The second-order valence-corrected chi connectivity index (χ2v) is 41.9. The van der Waals surface area contributed by atoms with Crippen LogP contribution in [0.4, 0.5) is 22.0 Å². The molecule has 2 saturated carbocycles. The second kappa shape index (κ2) is 32.7. The third-order valence-electron chi connectivity index (χ3n) is 19.2. The van der Waals surface area contributed by atoms with Crippen LogP contribution in [-0.2, 0) is 71.4 Å². The third-order valence-corrected chi connectivity index (χ3v) is 19.5.